The molecular weight excluding hydrogens is 408 g/mol. The Morgan fingerprint density at radius 1 is 1.24 bits per heavy atom. The van der Waals surface area contributed by atoms with Crippen LogP contribution in [0.1, 0.15) is 32.0 Å². The van der Waals surface area contributed by atoms with Crippen molar-refractivity contribution in [2.75, 3.05) is 5.32 Å². The zero-order valence-electron chi connectivity index (χ0n) is 16.5. The number of anilines is 1. The van der Waals surface area contributed by atoms with Gasteiger partial charge in [-0.15, -0.1) is 5.14 Å². The molecule has 3 rings (SSSR count). The predicted molar refractivity (Wildman–Crippen MR) is 117 cm³/mol. The van der Waals surface area contributed by atoms with Gasteiger partial charge in [0.25, 0.3) is 0 Å². The summed E-state index contributed by atoms with van der Waals surface area (Å²) in [7, 11) is 0. The van der Waals surface area contributed by atoms with Gasteiger partial charge in [0.05, 0.1) is 29.0 Å². The molecule has 0 bridgehead atoms. The molecule has 3 aromatic rings. The molecule has 1 heterocycles. The molecule has 4 N–H and O–H groups in total. The molecule has 6 nitrogen and oxygen atoms in total. The first-order valence-electron chi connectivity index (χ1n) is 9.05. The number of hydrogen-bond acceptors (Lipinski definition) is 4. The highest BCUT2D eigenvalue weighted by atomic mass is 35.5. The van der Waals surface area contributed by atoms with Crippen LogP contribution in [0.3, 0.4) is 0 Å². The van der Waals surface area contributed by atoms with Gasteiger partial charge in [0.2, 0.25) is 5.91 Å². The number of amides is 1. The van der Waals surface area contributed by atoms with Crippen molar-refractivity contribution in [2.45, 2.75) is 37.5 Å². The summed E-state index contributed by atoms with van der Waals surface area (Å²) in [5.41, 5.74) is 3.40. The lowest BCUT2D eigenvalue weighted by Crippen LogP contribution is -2.17. The van der Waals surface area contributed by atoms with Gasteiger partial charge in [-0.2, -0.15) is 5.10 Å². The van der Waals surface area contributed by atoms with Gasteiger partial charge in [-0.1, -0.05) is 50.6 Å². The molecule has 1 amide bonds. The van der Waals surface area contributed by atoms with Crippen LogP contribution in [0.4, 0.5) is 5.69 Å². The van der Waals surface area contributed by atoms with Crippen molar-refractivity contribution in [1.82, 2.24) is 10.2 Å². The number of nitrogens with zero attached hydrogens (tertiary/aromatic N) is 1. The maximum atomic E-state index is 12.4. The third-order valence-electron chi connectivity index (χ3n) is 4.45. The number of benzene rings is 2. The first-order valence-corrected chi connectivity index (χ1v) is 10.6. The van der Waals surface area contributed by atoms with Gasteiger partial charge in [0.1, 0.15) is 0 Å². The van der Waals surface area contributed by atoms with Gasteiger partial charge in [-0.25, -0.2) is 0 Å². The molecule has 0 aliphatic heterocycles. The van der Waals surface area contributed by atoms with Crippen LogP contribution < -0.4 is 10.5 Å². The predicted octanol–water partition coefficient (Wildman–Crippen LogP) is 4.19. The Morgan fingerprint density at radius 3 is 2.59 bits per heavy atom. The second-order valence-corrected chi connectivity index (χ2v) is 9.18. The van der Waals surface area contributed by atoms with E-state index in [4.69, 9.17) is 16.7 Å². The monoisotopic (exact) mass is 430 g/mol. The second kappa shape index (κ2) is 8.59. The van der Waals surface area contributed by atoms with Crippen molar-refractivity contribution in [3.05, 3.63) is 64.8 Å². The van der Waals surface area contributed by atoms with E-state index in [1.807, 2.05) is 18.2 Å². The standard InChI is InChI=1S/C21H23ClN4O2S/c1-21(2,3)19-12-17(25-26-19)15-9-8-14(11-18(15)29(23)28)24-20(27)10-13-6-4-5-7-16(13)22/h4-9,11-12H,10,23H2,1-3H3,(H,24,27)(H,25,26). The summed E-state index contributed by atoms with van der Waals surface area (Å²) in [6.45, 7) is 6.22. The molecule has 1 unspecified atom stereocenters. The Morgan fingerprint density at radius 2 is 1.97 bits per heavy atom. The van der Waals surface area contributed by atoms with E-state index in [0.29, 0.717) is 26.9 Å². The van der Waals surface area contributed by atoms with E-state index in [-0.39, 0.29) is 17.7 Å². The van der Waals surface area contributed by atoms with Gasteiger partial charge in [-0.3, -0.25) is 9.89 Å². The number of aromatic amines is 1. The highest BCUT2D eigenvalue weighted by molar-refractivity contribution is 7.89. The number of aromatic nitrogens is 2. The Kier molecular flexibility index (Phi) is 6.33. The Hall–Kier alpha value is -2.32. The fourth-order valence-corrected chi connectivity index (χ4v) is 3.68. The number of nitrogens with two attached hydrogens (primary N) is 1. The van der Waals surface area contributed by atoms with E-state index in [9.17, 15) is 9.35 Å². The zero-order chi connectivity index (χ0) is 21.2. The molecule has 29 heavy (non-hydrogen) atoms. The number of hydrogen-bond donors (Lipinski definition) is 3. The molecule has 8 heteroatoms. The minimum Gasteiger partial charge on any atom is -0.593 e. The van der Waals surface area contributed by atoms with Crippen LogP contribution >= 0.6 is 11.6 Å². The Labute approximate surface area is 178 Å². The Bertz CT molecular complexity index is 1030. The summed E-state index contributed by atoms with van der Waals surface area (Å²) in [5.74, 6) is -0.227. The van der Waals surface area contributed by atoms with Crippen LogP contribution in [0.25, 0.3) is 11.3 Å². The van der Waals surface area contributed by atoms with Crippen LogP contribution in [-0.2, 0) is 28.0 Å². The van der Waals surface area contributed by atoms with Crippen LogP contribution in [0.5, 0.6) is 0 Å². The van der Waals surface area contributed by atoms with Crippen molar-refractivity contribution in [3.63, 3.8) is 0 Å². The van der Waals surface area contributed by atoms with E-state index in [1.165, 1.54) is 0 Å². The molecule has 0 aliphatic carbocycles. The summed E-state index contributed by atoms with van der Waals surface area (Å²) in [5, 5.41) is 16.4. The summed E-state index contributed by atoms with van der Waals surface area (Å²) in [6, 6.07) is 14.2. The summed E-state index contributed by atoms with van der Waals surface area (Å²) in [4.78, 5) is 12.8. The maximum Gasteiger partial charge on any atom is 0.228 e. The van der Waals surface area contributed by atoms with Crippen LogP contribution in [0.2, 0.25) is 5.02 Å². The molecule has 0 fully saturated rings. The molecule has 0 aliphatic rings. The highest BCUT2D eigenvalue weighted by Crippen LogP contribution is 2.31. The zero-order valence-corrected chi connectivity index (χ0v) is 18.0. The average Bonchev–Trinajstić information content (AvgIpc) is 3.14. The van der Waals surface area contributed by atoms with Crippen molar-refractivity contribution < 1.29 is 9.35 Å². The van der Waals surface area contributed by atoms with Gasteiger partial charge in [-0.05, 0) is 29.8 Å². The van der Waals surface area contributed by atoms with Crippen molar-refractivity contribution >= 4 is 34.6 Å². The lowest BCUT2D eigenvalue weighted by Gasteiger charge is -2.14. The summed E-state index contributed by atoms with van der Waals surface area (Å²) >= 11 is 4.37. The molecule has 1 atom stereocenters. The number of H-pyrrole nitrogens is 1. The largest absolute Gasteiger partial charge is 0.593 e. The van der Waals surface area contributed by atoms with E-state index in [1.54, 1.807) is 30.3 Å². The number of carbonyl (C=O) groups is 1. The molecule has 0 saturated heterocycles. The first kappa shape index (κ1) is 21.4. The fourth-order valence-electron chi connectivity index (χ4n) is 2.84. The average molecular weight is 431 g/mol. The summed E-state index contributed by atoms with van der Waals surface area (Å²) in [6.07, 6.45) is 0.136. The number of rotatable bonds is 5. The second-order valence-electron chi connectivity index (χ2n) is 7.74. The van der Waals surface area contributed by atoms with Gasteiger partial charge < -0.3 is 9.87 Å². The highest BCUT2D eigenvalue weighted by Gasteiger charge is 2.22. The van der Waals surface area contributed by atoms with E-state index < -0.39 is 11.4 Å². The smallest absolute Gasteiger partial charge is 0.228 e. The van der Waals surface area contributed by atoms with Gasteiger partial charge >= 0.3 is 0 Å². The van der Waals surface area contributed by atoms with Gasteiger partial charge in [0.15, 0.2) is 4.90 Å². The number of halogens is 1. The van der Waals surface area contributed by atoms with E-state index in [2.05, 4.69) is 36.3 Å². The van der Waals surface area contributed by atoms with Crippen molar-refractivity contribution in [3.8, 4) is 11.3 Å². The SMILES string of the molecule is CC(C)(C)c1cc(-c2ccc(NC(=O)Cc3ccccc3Cl)cc2[S+](N)[O-])n[nH]1. The molecule has 1 aromatic heterocycles. The van der Waals surface area contributed by atoms with E-state index in [0.717, 1.165) is 11.3 Å². The molecular formula is C21H23ClN4O2S. The molecule has 152 valence electrons. The van der Waals surface area contributed by atoms with Crippen molar-refractivity contribution in [2.24, 2.45) is 5.14 Å². The molecule has 0 spiro atoms. The number of carbonyl (C=O) groups excluding carboxylic acids is 1. The molecule has 0 radical (unpaired) electrons. The topological polar surface area (TPSA) is 107 Å². The third kappa shape index (κ3) is 5.19. The Balaban J connectivity index is 1.83. The number of nitrogens with one attached hydrogen (secondary N) is 2. The van der Waals surface area contributed by atoms with Gasteiger partial charge in [0, 0.05) is 27.9 Å². The molecule has 0 saturated carbocycles. The van der Waals surface area contributed by atoms with Crippen molar-refractivity contribution in [1.29, 1.82) is 0 Å². The normalized spacial score (nSPS) is 12.6. The third-order valence-corrected chi connectivity index (χ3v) is 5.59. The van der Waals surface area contributed by atoms with Crippen LogP contribution in [0, 0.1) is 0 Å². The summed E-state index contributed by atoms with van der Waals surface area (Å²) < 4.78 is 12.1. The lowest BCUT2D eigenvalue weighted by atomic mass is 9.92. The van der Waals surface area contributed by atoms with Crippen LogP contribution in [-0.4, -0.2) is 20.7 Å². The maximum absolute atomic E-state index is 12.4. The van der Waals surface area contributed by atoms with E-state index >= 15 is 0 Å². The minimum absolute atomic E-state index is 0.0973. The lowest BCUT2D eigenvalue weighted by molar-refractivity contribution is -0.115. The minimum atomic E-state index is -1.75. The quantitative estimate of drug-likeness (QED) is 0.527. The fraction of sp³-hybridized carbons (Fsp3) is 0.238. The van der Waals surface area contributed by atoms with Crippen LogP contribution in [0.15, 0.2) is 53.4 Å². The molecule has 2 aromatic carbocycles. The first-order chi connectivity index (χ1) is 13.6.